The van der Waals surface area contributed by atoms with Gasteiger partial charge in [-0.15, -0.1) is 0 Å². The summed E-state index contributed by atoms with van der Waals surface area (Å²) in [5.74, 6) is 1.08. The second-order valence-corrected chi connectivity index (χ2v) is 7.16. The van der Waals surface area contributed by atoms with E-state index in [1.807, 2.05) is 38.1 Å². The lowest BCUT2D eigenvalue weighted by molar-refractivity contribution is -0.117. The third kappa shape index (κ3) is 3.43. The van der Waals surface area contributed by atoms with Crippen LogP contribution in [0, 0.1) is 13.8 Å². The van der Waals surface area contributed by atoms with Crippen molar-refractivity contribution in [2.75, 3.05) is 11.1 Å². The van der Waals surface area contributed by atoms with Gasteiger partial charge in [0, 0.05) is 11.3 Å². The van der Waals surface area contributed by atoms with Gasteiger partial charge in [-0.2, -0.15) is 5.10 Å². The molecule has 1 aliphatic carbocycles. The molecule has 0 saturated carbocycles. The summed E-state index contributed by atoms with van der Waals surface area (Å²) in [7, 11) is 0. The summed E-state index contributed by atoms with van der Waals surface area (Å²) in [4.78, 5) is 24.8. The first-order valence-electron chi connectivity index (χ1n) is 9.27. The molecule has 4 rings (SSSR count). The van der Waals surface area contributed by atoms with Crippen LogP contribution in [0.25, 0.3) is 11.3 Å². The first-order valence-corrected chi connectivity index (χ1v) is 9.27. The van der Waals surface area contributed by atoms with E-state index in [0.29, 0.717) is 11.5 Å². The van der Waals surface area contributed by atoms with Gasteiger partial charge >= 0.3 is 0 Å². The summed E-state index contributed by atoms with van der Waals surface area (Å²) in [5.41, 5.74) is 9.99. The number of aryl methyl sites for hydroxylation is 4. The van der Waals surface area contributed by atoms with Gasteiger partial charge in [-0.05, 0) is 68.5 Å². The minimum atomic E-state index is -0.495. The van der Waals surface area contributed by atoms with E-state index in [4.69, 9.17) is 10.2 Å². The van der Waals surface area contributed by atoms with Crippen molar-refractivity contribution < 1.29 is 9.21 Å². The van der Waals surface area contributed by atoms with Crippen LogP contribution in [0.3, 0.4) is 0 Å². The molecule has 2 aromatic heterocycles. The lowest BCUT2D eigenvalue weighted by Gasteiger charge is -2.10. The van der Waals surface area contributed by atoms with Gasteiger partial charge in [0.1, 0.15) is 23.8 Å². The van der Waals surface area contributed by atoms with Crippen molar-refractivity contribution in [1.29, 1.82) is 0 Å². The number of nitrogens with two attached hydrogens (primary N) is 1. The number of fused-ring (bicyclic) bond motifs is 1. The smallest absolute Gasteiger partial charge is 0.290 e. The summed E-state index contributed by atoms with van der Waals surface area (Å²) in [6, 6.07) is 9.27. The molecule has 1 amide bonds. The molecule has 1 aromatic carbocycles. The predicted octanol–water partition coefficient (Wildman–Crippen LogP) is 2.83. The number of nitrogens with one attached hydrogen (secondary N) is 1. The van der Waals surface area contributed by atoms with E-state index in [1.165, 1.54) is 17.2 Å². The SMILES string of the molecule is Cc1cc(-c2cc(N)c(=O)n(CC(=O)Nc3ccc4c(c3)CCC4)n2)c(C)o1. The fraction of sp³-hybridized carbons (Fsp3) is 0.286. The van der Waals surface area contributed by atoms with Crippen LogP contribution in [0.1, 0.15) is 29.1 Å². The van der Waals surface area contributed by atoms with Gasteiger partial charge in [0.2, 0.25) is 5.91 Å². The second kappa shape index (κ2) is 6.99. The van der Waals surface area contributed by atoms with Crippen LogP contribution in [0.5, 0.6) is 0 Å². The van der Waals surface area contributed by atoms with Gasteiger partial charge in [-0.1, -0.05) is 6.07 Å². The number of hydrogen-bond acceptors (Lipinski definition) is 5. The summed E-state index contributed by atoms with van der Waals surface area (Å²) in [5, 5.41) is 7.16. The Kier molecular flexibility index (Phi) is 4.50. The Morgan fingerprint density at radius 3 is 2.75 bits per heavy atom. The third-order valence-corrected chi connectivity index (χ3v) is 4.99. The van der Waals surface area contributed by atoms with Crippen LogP contribution in [0.2, 0.25) is 0 Å². The second-order valence-electron chi connectivity index (χ2n) is 7.16. The lowest BCUT2D eigenvalue weighted by atomic mass is 10.1. The molecule has 2 heterocycles. The Bertz CT molecular complexity index is 1130. The van der Waals surface area contributed by atoms with Crippen molar-refractivity contribution >= 4 is 17.3 Å². The number of nitrogens with zero attached hydrogens (tertiary/aromatic N) is 2. The standard InChI is InChI=1S/C21H22N4O3/c1-12-8-17(13(2)28-12)19-10-18(22)21(27)25(24-19)11-20(26)23-16-7-6-14-4-3-5-15(14)9-16/h6-10H,3-5,11,22H2,1-2H3,(H,23,26). The van der Waals surface area contributed by atoms with Gasteiger partial charge in [-0.3, -0.25) is 9.59 Å². The van der Waals surface area contributed by atoms with Crippen LogP contribution in [-0.2, 0) is 24.2 Å². The molecule has 28 heavy (non-hydrogen) atoms. The Hall–Kier alpha value is -3.35. The minimum Gasteiger partial charge on any atom is -0.466 e. The van der Waals surface area contributed by atoms with Crippen LogP contribution >= 0.6 is 0 Å². The highest BCUT2D eigenvalue weighted by Crippen LogP contribution is 2.26. The molecule has 0 saturated heterocycles. The van der Waals surface area contributed by atoms with Crippen molar-refractivity contribution in [3.63, 3.8) is 0 Å². The molecule has 144 valence electrons. The Morgan fingerprint density at radius 1 is 1.21 bits per heavy atom. The first-order chi connectivity index (χ1) is 13.4. The van der Waals surface area contributed by atoms with Crippen LogP contribution in [-0.4, -0.2) is 15.7 Å². The fourth-order valence-corrected chi connectivity index (χ4v) is 3.67. The number of benzene rings is 1. The number of carbonyl (C=O) groups is 1. The molecule has 0 aliphatic heterocycles. The zero-order chi connectivity index (χ0) is 19.8. The number of carbonyl (C=O) groups excluding carboxylic acids is 1. The number of anilines is 2. The third-order valence-electron chi connectivity index (χ3n) is 4.99. The number of rotatable bonds is 4. The number of hydrogen-bond donors (Lipinski definition) is 2. The molecule has 1 aliphatic rings. The molecule has 0 spiro atoms. The molecule has 3 aromatic rings. The maximum atomic E-state index is 12.5. The summed E-state index contributed by atoms with van der Waals surface area (Å²) in [6.45, 7) is 3.43. The number of amides is 1. The van der Waals surface area contributed by atoms with Gasteiger partial charge < -0.3 is 15.5 Å². The van der Waals surface area contributed by atoms with Crippen molar-refractivity contribution in [2.24, 2.45) is 0 Å². The monoisotopic (exact) mass is 378 g/mol. The molecule has 0 bridgehead atoms. The van der Waals surface area contributed by atoms with Crippen molar-refractivity contribution in [3.8, 4) is 11.3 Å². The molecule has 0 atom stereocenters. The highest BCUT2D eigenvalue weighted by atomic mass is 16.3. The maximum Gasteiger partial charge on any atom is 0.290 e. The van der Waals surface area contributed by atoms with Gasteiger partial charge in [0.05, 0.1) is 5.69 Å². The summed E-state index contributed by atoms with van der Waals surface area (Å²) in [6.07, 6.45) is 3.26. The lowest BCUT2D eigenvalue weighted by Crippen LogP contribution is -2.31. The largest absolute Gasteiger partial charge is 0.466 e. The van der Waals surface area contributed by atoms with Crippen molar-refractivity contribution in [3.05, 3.63) is 63.3 Å². The Morgan fingerprint density at radius 2 is 2.00 bits per heavy atom. The molecule has 0 radical (unpaired) electrons. The number of aromatic nitrogens is 2. The molecular weight excluding hydrogens is 356 g/mol. The van der Waals surface area contributed by atoms with Crippen LogP contribution in [0.4, 0.5) is 11.4 Å². The Labute approximate surface area is 162 Å². The highest BCUT2D eigenvalue weighted by molar-refractivity contribution is 5.90. The zero-order valence-electron chi connectivity index (χ0n) is 15.9. The van der Waals surface area contributed by atoms with E-state index in [0.717, 1.165) is 41.0 Å². The number of nitrogen functional groups attached to an aromatic ring is 1. The molecule has 0 unspecified atom stereocenters. The molecule has 3 N–H and O–H groups in total. The normalized spacial score (nSPS) is 12.8. The first kappa shape index (κ1) is 18.0. The predicted molar refractivity (Wildman–Crippen MR) is 107 cm³/mol. The summed E-state index contributed by atoms with van der Waals surface area (Å²) >= 11 is 0. The van der Waals surface area contributed by atoms with Crippen LogP contribution in [0.15, 0.2) is 39.5 Å². The fourth-order valence-electron chi connectivity index (χ4n) is 3.67. The zero-order valence-corrected chi connectivity index (χ0v) is 15.9. The van der Waals surface area contributed by atoms with Crippen molar-refractivity contribution in [1.82, 2.24) is 9.78 Å². The van der Waals surface area contributed by atoms with Crippen LogP contribution < -0.4 is 16.6 Å². The van der Waals surface area contributed by atoms with E-state index >= 15 is 0 Å². The summed E-state index contributed by atoms with van der Waals surface area (Å²) < 4.78 is 6.62. The van der Waals surface area contributed by atoms with Gasteiger partial charge in [-0.25, -0.2) is 4.68 Å². The molecular formula is C21H22N4O3. The van der Waals surface area contributed by atoms with E-state index in [-0.39, 0.29) is 18.1 Å². The molecule has 7 nitrogen and oxygen atoms in total. The highest BCUT2D eigenvalue weighted by Gasteiger charge is 2.16. The van der Waals surface area contributed by atoms with E-state index in [1.54, 1.807) is 0 Å². The van der Waals surface area contributed by atoms with Crippen molar-refractivity contribution in [2.45, 2.75) is 39.7 Å². The minimum absolute atomic E-state index is 0.0357. The average Bonchev–Trinajstić information content (AvgIpc) is 3.24. The average molecular weight is 378 g/mol. The Balaban J connectivity index is 1.58. The molecule has 7 heteroatoms. The number of furan rings is 1. The van der Waals surface area contributed by atoms with E-state index < -0.39 is 5.56 Å². The topological polar surface area (TPSA) is 103 Å². The quantitative estimate of drug-likeness (QED) is 0.727. The maximum absolute atomic E-state index is 12.5. The van der Waals surface area contributed by atoms with E-state index in [9.17, 15) is 9.59 Å². The van der Waals surface area contributed by atoms with E-state index in [2.05, 4.69) is 10.4 Å². The van der Waals surface area contributed by atoms with Gasteiger partial charge in [0.25, 0.3) is 5.56 Å². The van der Waals surface area contributed by atoms with Gasteiger partial charge in [0.15, 0.2) is 0 Å². The molecule has 0 fully saturated rings.